The minimum absolute atomic E-state index is 0.144. The first kappa shape index (κ1) is 17.3. The van der Waals surface area contributed by atoms with Crippen molar-refractivity contribution in [2.24, 2.45) is 0 Å². The second-order valence-corrected chi connectivity index (χ2v) is 7.79. The first-order valence-electron chi connectivity index (χ1n) is 7.39. The van der Waals surface area contributed by atoms with Gasteiger partial charge in [-0.25, -0.2) is 18.1 Å². The van der Waals surface area contributed by atoms with Gasteiger partial charge in [0.2, 0.25) is 10.0 Å². The Morgan fingerprint density at radius 2 is 1.76 bits per heavy atom. The molecule has 2 aromatic carbocycles. The smallest absolute Gasteiger partial charge is 0.257 e. The van der Waals surface area contributed by atoms with E-state index in [0.717, 1.165) is 5.56 Å². The largest absolute Gasteiger partial charge is 0.298 e. The second-order valence-electron chi connectivity index (χ2n) is 5.13. The van der Waals surface area contributed by atoms with E-state index in [4.69, 9.17) is 0 Å². The molecule has 0 fully saturated rings. The zero-order valence-corrected chi connectivity index (χ0v) is 14.7. The summed E-state index contributed by atoms with van der Waals surface area (Å²) in [6.45, 7) is 0.144. The minimum Gasteiger partial charge on any atom is -0.298 e. The highest BCUT2D eigenvalue weighted by Gasteiger charge is 2.13. The Bertz CT molecular complexity index is 939. The average Bonchev–Trinajstić information content (AvgIpc) is 3.14. The van der Waals surface area contributed by atoms with Crippen molar-refractivity contribution in [3.8, 4) is 0 Å². The van der Waals surface area contributed by atoms with Gasteiger partial charge in [-0.05, 0) is 29.8 Å². The van der Waals surface area contributed by atoms with Crippen molar-refractivity contribution in [3.63, 3.8) is 0 Å². The van der Waals surface area contributed by atoms with Crippen LogP contribution in [0, 0.1) is 0 Å². The normalized spacial score (nSPS) is 11.2. The lowest BCUT2D eigenvalue weighted by Gasteiger charge is -2.07. The van der Waals surface area contributed by atoms with E-state index < -0.39 is 10.0 Å². The highest BCUT2D eigenvalue weighted by Crippen LogP contribution is 2.13. The fourth-order valence-electron chi connectivity index (χ4n) is 2.09. The number of aromatic nitrogens is 1. The molecule has 0 saturated heterocycles. The fourth-order valence-corrected chi connectivity index (χ4v) is 3.65. The van der Waals surface area contributed by atoms with Gasteiger partial charge in [-0.1, -0.05) is 30.3 Å². The Hall–Kier alpha value is -2.55. The lowest BCUT2D eigenvalue weighted by molar-refractivity contribution is 0.102. The molecule has 25 heavy (non-hydrogen) atoms. The van der Waals surface area contributed by atoms with Crippen LogP contribution in [0.4, 0.5) is 5.13 Å². The lowest BCUT2D eigenvalue weighted by Crippen LogP contribution is -2.23. The molecule has 1 aromatic heterocycles. The molecule has 8 heteroatoms. The summed E-state index contributed by atoms with van der Waals surface area (Å²) in [7, 11) is -3.56. The van der Waals surface area contributed by atoms with Crippen molar-refractivity contribution in [1.29, 1.82) is 0 Å². The maximum absolute atomic E-state index is 12.2. The summed E-state index contributed by atoms with van der Waals surface area (Å²) in [6, 6.07) is 14.9. The number of amides is 1. The van der Waals surface area contributed by atoms with Crippen molar-refractivity contribution in [2.45, 2.75) is 11.4 Å². The Morgan fingerprint density at radius 3 is 2.40 bits per heavy atom. The first-order valence-corrected chi connectivity index (χ1v) is 9.75. The van der Waals surface area contributed by atoms with E-state index in [-0.39, 0.29) is 17.3 Å². The molecule has 1 amide bonds. The van der Waals surface area contributed by atoms with Gasteiger partial charge in [0.25, 0.3) is 5.91 Å². The maximum atomic E-state index is 12.2. The SMILES string of the molecule is O=C(Nc1nccs1)c1ccc(CNS(=O)(=O)c2ccccc2)cc1. The van der Waals surface area contributed by atoms with Crippen LogP contribution in [0.15, 0.2) is 71.1 Å². The highest BCUT2D eigenvalue weighted by molar-refractivity contribution is 7.89. The third-order valence-electron chi connectivity index (χ3n) is 3.39. The van der Waals surface area contributed by atoms with Crippen LogP contribution in [0.25, 0.3) is 0 Å². The number of carbonyl (C=O) groups is 1. The van der Waals surface area contributed by atoms with Crippen LogP contribution in [-0.2, 0) is 16.6 Å². The molecule has 0 saturated carbocycles. The topological polar surface area (TPSA) is 88.2 Å². The number of rotatable bonds is 6. The Labute approximate surface area is 149 Å². The van der Waals surface area contributed by atoms with Gasteiger partial charge in [0, 0.05) is 23.7 Å². The van der Waals surface area contributed by atoms with Crippen LogP contribution in [0.3, 0.4) is 0 Å². The monoisotopic (exact) mass is 373 g/mol. The zero-order valence-electron chi connectivity index (χ0n) is 13.0. The van der Waals surface area contributed by atoms with Crippen LogP contribution in [0.5, 0.6) is 0 Å². The molecule has 0 spiro atoms. The van der Waals surface area contributed by atoms with Gasteiger partial charge in [-0.3, -0.25) is 10.1 Å². The Morgan fingerprint density at radius 1 is 1.04 bits per heavy atom. The van der Waals surface area contributed by atoms with Gasteiger partial charge in [0.1, 0.15) is 0 Å². The van der Waals surface area contributed by atoms with Gasteiger partial charge in [0.05, 0.1) is 4.90 Å². The van der Waals surface area contributed by atoms with E-state index in [1.165, 1.54) is 23.5 Å². The van der Waals surface area contributed by atoms with Crippen molar-refractivity contribution in [2.75, 3.05) is 5.32 Å². The van der Waals surface area contributed by atoms with Crippen LogP contribution >= 0.6 is 11.3 Å². The second kappa shape index (κ2) is 7.56. The lowest BCUT2D eigenvalue weighted by atomic mass is 10.1. The predicted molar refractivity (Wildman–Crippen MR) is 97.0 cm³/mol. The van der Waals surface area contributed by atoms with Crippen LogP contribution in [-0.4, -0.2) is 19.3 Å². The van der Waals surface area contributed by atoms with Crippen molar-refractivity contribution < 1.29 is 13.2 Å². The summed E-state index contributed by atoms with van der Waals surface area (Å²) in [4.78, 5) is 16.3. The number of thiazole rings is 1. The van der Waals surface area contributed by atoms with Crippen LogP contribution in [0.1, 0.15) is 15.9 Å². The quantitative estimate of drug-likeness (QED) is 0.695. The molecule has 0 radical (unpaired) electrons. The average molecular weight is 373 g/mol. The van der Waals surface area contributed by atoms with Gasteiger partial charge < -0.3 is 0 Å². The summed E-state index contributed by atoms with van der Waals surface area (Å²) in [5.74, 6) is -0.258. The standard InChI is InChI=1S/C17H15N3O3S2/c21-16(20-17-18-10-11-24-17)14-8-6-13(7-9-14)12-19-25(22,23)15-4-2-1-3-5-15/h1-11,19H,12H2,(H,18,20,21). The zero-order chi connectivity index (χ0) is 17.7. The predicted octanol–water partition coefficient (Wildman–Crippen LogP) is 2.87. The summed E-state index contributed by atoms with van der Waals surface area (Å²) >= 11 is 1.34. The first-order chi connectivity index (χ1) is 12.0. The van der Waals surface area contributed by atoms with Crippen molar-refractivity contribution >= 4 is 32.4 Å². The minimum atomic E-state index is -3.56. The summed E-state index contributed by atoms with van der Waals surface area (Å²) in [5.41, 5.74) is 1.23. The fraction of sp³-hybridized carbons (Fsp3) is 0.0588. The summed E-state index contributed by atoms with van der Waals surface area (Å²) < 4.78 is 26.9. The molecule has 3 rings (SSSR count). The molecule has 0 aliphatic carbocycles. The van der Waals surface area contributed by atoms with Gasteiger partial charge in [0.15, 0.2) is 5.13 Å². The molecule has 0 aliphatic rings. The third-order valence-corrected chi connectivity index (χ3v) is 5.49. The Kier molecular flexibility index (Phi) is 5.22. The molecule has 0 unspecified atom stereocenters. The molecule has 1 heterocycles. The molecule has 0 atom stereocenters. The van der Waals surface area contributed by atoms with E-state index >= 15 is 0 Å². The van der Waals surface area contributed by atoms with Gasteiger partial charge in [-0.15, -0.1) is 11.3 Å². The molecule has 0 aliphatic heterocycles. The number of anilines is 1. The third kappa shape index (κ3) is 4.50. The van der Waals surface area contributed by atoms with Gasteiger partial charge >= 0.3 is 0 Å². The number of hydrogen-bond donors (Lipinski definition) is 2. The van der Waals surface area contributed by atoms with E-state index in [9.17, 15) is 13.2 Å². The molecule has 2 N–H and O–H groups in total. The molecular formula is C17H15N3O3S2. The van der Waals surface area contributed by atoms with Crippen LogP contribution < -0.4 is 10.0 Å². The molecule has 6 nitrogen and oxygen atoms in total. The van der Waals surface area contributed by atoms with Crippen molar-refractivity contribution in [3.05, 3.63) is 77.3 Å². The molecule has 0 bridgehead atoms. The number of nitrogens with zero attached hydrogens (tertiary/aromatic N) is 1. The van der Waals surface area contributed by atoms with E-state index in [0.29, 0.717) is 10.7 Å². The highest BCUT2D eigenvalue weighted by atomic mass is 32.2. The number of sulfonamides is 1. The number of nitrogens with one attached hydrogen (secondary N) is 2. The summed E-state index contributed by atoms with van der Waals surface area (Å²) in [6.07, 6.45) is 1.61. The maximum Gasteiger partial charge on any atom is 0.257 e. The summed E-state index contributed by atoms with van der Waals surface area (Å²) in [5, 5.41) is 5.00. The van der Waals surface area contributed by atoms with Crippen molar-refractivity contribution in [1.82, 2.24) is 9.71 Å². The number of benzene rings is 2. The van der Waals surface area contributed by atoms with E-state index in [2.05, 4.69) is 15.0 Å². The van der Waals surface area contributed by atoms with Gasteiger partial charge in [-0.2, -0.15) is 0 Å². The molecule has 3 aromatic rings. The molecular weight excluding hydrogens is 358 g/mol. The number of carbonyl (C=O) groups excluding carboxylic acids is 1. The van der Waals surface area contributed by atoms with E-state index in [1.54, 1.807) is 54.0 Å². The molecule has 128 valence electrons. The van der Waals surface area contributed by atoms with E-state index in [1.807, 2.05) is 0 Å². The Balaban J connectivity index is 1.62. The van der Waals surface area contributed by atoms with Crippen LogP contribution in [0.2, 0.25) is 0 Å². The number of hydrogen-bond acceptors (Lipinski definition) is 5.